The van der Waals surface area contributed by atoms with E-state index in [4.69, 9.17) is 4.74 Å². The largest absolute Gasteiger partial charge is 0.462 e. The van der Waals surface area contributed by atoms with Gasteiger partial charge in [0.2, 0.25) is 0 Å². The van der Waals surface area contributed by atoms with Crippen molar-refractivity contribution in [2.45, 2.75) is 78.2 Å². The highest BCUT2D eigenvalue weighted by molar-refractivity contribution is 5.96. The number of rotatable bonds is 5. The van der Waals surface area contributed by atoms with Crippen LogP contribution in [0, 0.1) is 44.6 Å². The van der Waals surface area contributed by atoms with Gasteiger partial charge in [0, 0.05) is 31.4 Å². The second-order valence-corrected chi connectivity index (χ2v) is 12.0. The van der Waals surface area contributed by atoms with E-state index in [2.05, 4.69) is 19.9 Å². The van der Waals surface area contributed by atoms with Gasteiger partial charge in [-0.1, -0.05) is 31.6 Å². The van der Waals surface area contributed by atoms with Gasteiger partial charge < -0.3 is 4.74 Å². The molecule has 5 rings (SSSR count). The molecule has 0 heterocycles. The van der Waals surface area contributed by atoms with Crippen LogP contribution in [0.5, 0.6) is 0 Å². The normalized spacial score (nSPS) is 37.4. The molecule has 1 unspecified atom stereocenters. The fourth-order valence-corrected chi connectivity index (χ4v) is 8.43. The summed E-state index contributed by atoms with van der Waals surface area (Å²) in [5, 5.41) is 10.9. The zero-order chi connectivity index (χ0) is 25.7. The number of allylic oxidation sites excluding steroid dienone is 2. The van der Waals surface area contributed by atoms with Crippen molar-refractivity contribution in [2.24, 2.45) is 34.5 Å². The topological polar surface area (TPSA) is 86.5 Å². The van der Waals surface area contributed by atoms with Gasteiger partial charge in [-0.3, -0.25) is 19.7 Å². The number of esters is 1. The SMILES string of the molecule is CC(=O)O[C@H]1CC[C@@]2(C)C(=CC[C@@H]3[C@@H]2CC[C@]2(C)C(C(=O)/C=C/c4ccc([N+](=O)[O-])cc4)CC[C@@H]32)C1. The molecule has 0 aliphatic heterocycles. The fourth-order valence-electron chi connectivity index (χ4n) is 8.43. The minimum Gasteiger partial charge on any atom is -0.462 e. The van der Waals surface area contributed by atoms with Crippen molar-refractivity contribution in [3.8, 4) is 0 Å². The van der Waals surface area contributed by atoms with E-state index < -0.39 is 4.92 Å². The van der Waals surface area contributed by atoms with E-state index in [0.29, 0.717) is 17.8 Å². The maximum Gasteiger partial charge on any atom is 0.302 e. The van der Waals surface area contributed by atoms with Gasteiger partial charge in [0.25, 0.3) is 5.69 Å². The zero-order valence-electron chi connectivity index (χ0n) is 21.6. The Hall–Kier alpha value is -2.76. The summed E-state index contributed by atoms with van der Waals surface area (Å²) in [5.41, 5.74) is 2.55. The third kappa shape index (κ3) is 4.22. The van der Waals surface area contributed by atoms with Crippen LogP contribution >= 0.6 is 0 Å². The van der Waals surface area contributed by atoms with E-state index in [1.165, 1.54) is 24.6 Å². The number of hydrogen-bond acceptors (Lipinski definition) is 5. The number of non-ortho nitro benzene ring substituents is 1. The summed E-state index contributed by atoms with van der Waals surface area (Å²) in [6.45, 7) is 6.29. The van der Waals surface area contributed by atoms with E-state index in [0.717, 1.165) is 56.9 Å². The molecular weight excluding hydrogens is 454 g/mol. The number of carbonyl (C=O) groups excluding carboxylic acids is 2. The molecule has 6 nitrogen and oxygen atoms in total. The van der Waals surface area contributed by atoms with E-state index in [1.807, 2.05) is 0 Å². The number of benzene rings is 1. The minimum atomic E-state index is -0.413. The monoisotopic (exact) mass is 491 g/mol. The molecule has 0 N–H and O–H groups in total. The summed E-state index contributed by atoms with van der Waals surface area (Å²) in [4.78, 5) is 35.3. The summed E-state index contributed by atoms with van der Waals surface area (Å²) in [5.74, 6) is 1.85. The lowest BCUT2D eigenvalue weighted by molar-refractivity contribution is -0.384. The molecule has 1 aromatic rings. The van der Waals surface area contributed by atoms with Gasteiger partial charge in [-0.2, -0.15) is 0 Å². The molecule has 1 aromatic carbocycles. The van der Waals surface area contributed by atoms with Crippen molar-refractivity contribution in [1.82, 2.24) is 0 Å². The number of hydrogen-bond donors (Lipinski definition) is 0. The first-order valence-corrected chi connectivity index (χ1v) is 13.4. The Balaban J connectivity index is 1.30. The molecule has 0 spiro atoms. The number of ether oxygens (including phenoxy) is 1. The maximum absolute atomic E-state index is 13.4. The van der Waals surface area contributed by atoms with Crippen LogP contribution in [0.1, 0.15) is 77.7 Å². The molecule has 7 atom stereocenters. The molecule has 36 heavy (non-hydrogen) atoms. The second-order valence-electron chi connectivity index (χ2n) is 12.0. The fraction of sp³-hybridized carbons (Fsp3) is 0.600. The van der Waals surface area contributed by atoms with Crippen molar-refractivity contribution in [3.63, 3.8) is 0 Å². The lowest BCUT2D eigenvalue weighted by Crippen LogP contribution is -2.51. The van der Waals surface area contributed by atoms with E-state index in [-0.39, 0.29) is 40.3 Å². The van der Waals surface area contributed by atoms with Crippen LogP contribution in [0.2, 0.25) is 0 Å². The van der Waals surface area contributed by atoms with Crippen LogP contribution in [0.25, 0.3) is 6.08 Å². The van der Waals surface area contributed by atoms with Crippen LogP contribution in [0.3, 0.4) is 0 Å². The quantitative estimate of drug-likeness (QED) is 0.151. The van der Waals surface area contributed by atoms with Crippen molar-refractivity contribution in [3.05, 3.63) is 57.7 Å². The smallest absolute Gasteiger partial charge is 0.302 e. The summed E-state index contributed by atoms with van der Waals surface area (Å²) < 4.78 is 5.56. The number of nitro benzene ring substituents is 1. The van der Waals surface area contributed by atoms with Gasteiger partial charge in [0.1, 0.15) is 6.10 Å². The first-order chi connectivity index (χ1) is 17.1. The molecule has 3 fully saturated rings. The Bertz CT molecular complexity index is 1120. The Labute approximate surface area is 213 Å². The van der Waals surface area contributed by atoms with Gasteiger partial charge in [-0.05, 0) is 97.3 Å². The molecular formula is C30H37NO5. The van der Waals surface area contributed by atoms with Gasteiger partial charge in [-0.15, -0.1) is 0 Å². The molecule has 192 valence electrons. The lowest BCUT2D eigenvalue weighted by Gasteiger charge is -2.58. The summed E-state index contributed by atoms with van der Waals surface area (Å²) in [7, 11) is 0. The van der Waals surface area contributed by atoms with Crippen molar-refractivity contribution >= 4 is 23.5 Å². The predicted octanol–water partition coefficient (Wildman–Crippen LogP) is 6.69. The molecule has 0 amide bonds. The number of nitro groups is 1. The van der Waals surface area contributed by atoms with E-state index >= 15 is 0 Å². The van der Waals surface area contributed by atoms with E-state index in [9.17, 15) is 19.7 Å². The highest BCUT2D eigenvalue weighted by Gasteiger charge is 2.59. The van der Waals surface area contributed by atoms with Crippen LogP contribution in [-0.4, -0.2) is 22.8 Å². The number of fused-ring (bicyclic) bond motifs is 5. The molecule has 0 aromatic heterocycles. The van der Waals surface area contributed by atoms with Crippen molar-refractivity contribution < 1.29 is 19.2 Å². The molecule has 4 aliphatic rings. The summed E-state index contributed by atoms with van der Waals surface area (Å²) >= 11 is 0. The number of carbonyl (C=O) groups is 2. The number of nitrogens with zero attached hydrogens (tertiary/aromatic N) is 1. The third-order valence-electron chi connectivity index (χ3n) is 10.3. The highest BCUT2D eigenvalue weighted by Crippen LogP contribution is 2.66. The molecule has 0 saturated heterocycles. The Morgan fingerprint density at radius 3 is 2.50 bits per heavy atom. The standard InChI is InChI=1S/C30H37NO5/c1-19(32)36-23-14-16-29(2)21(18-23)7-10-24-25-11-12-27(30(25,3)17-15-26(24)29)28(33)13-6-20-4-8-22(9-5-20)31(34)35/h4-9,13,23-27H,10-12,14-18H2,1-3H3/b13-6+/t23-,24-,25-,26-,27?,29-,30-/m0/s1. The minimum absolute atomic E-state index is 0.0169. The lowest BCUT2D eigenvalue weighted by atomic mass is 9.47. The van der Waals surface area contributed by atoms with Crippen molar-refractivity contribution in [1.29, 1.82) is 0 Å². The van der Waals surface area contributed by atoms with Crippen LogP contribution < -0.4 is 0 Å². The Kier molecular flexibility index (Phi) is 6.42. The van der Waals surface area contributed by atoms with Crippen LogP contribution in [0.15, 0.2) is 42.0 Å². The van der Waals surface area contributed by atoms with Crippen LogP contribution in [0.4, 0.5) is 5.69 Å². The first kappa shape index (κ1) is 24.9. The molecule has 0 bridgehead atoms. The van der Waals surface area contributed by atoms with E-state index in [1.54, 1.807) is 24.3 Å². The average Bonchev–Trinajstić information content (AvgIpc) is 3.20. The van der Waals surface area contributed by atoms with Crippen LogP contribution in [-0.2, 0) is 14.3 Å². The summed E-state index contributed by atoms with van der Waals surface area (Å²) in [6, 6.07) is 6.33. The predicted molar refractivity (Wildman–Crippen MR) is 138 cm³/mol. The Morgan fingerprint density at radius 2 is 1.81 bits per heavy atom. The van der Waals surface area contributed by atoms with Gasteiger partial charge in [-0.25, -0.2) is 0 Å². The highest BCUT2D eigenvalue weighted by atomic mass is 16.6. The van der Waals surface area contributed by atoms with Gasteiger partial charge >= 0.3 is 5.97 Å². The van der Waals surface area contributed by atoms with Gasteiger partial charge in [0.05, 0.1) is 4.92 Å². The first-order valence-electron chi connectivity index (χ1n) is 13.4. The Morgan fingerprint density at radius 1 is 1.06 bits per heavy atom. The maximum atomic E-state index is 13.4. The van der Waals surface area contributed by atoms with Crippen molar-refractivity contribution in [2.75, 3.05) is 0 Å². The summed E-state index contributed by atoms with van der Waals surface area (Å²) in [6.07, 6.45) is 14.2. The molecule has 3 saturated carbocycles. The molecule has 0 radical (unpaired) electrons. The zero-order valence-corrected chi connectivity index (χ0v) is 21.6. The number of ketones is 1. The third-order valence-corrected chi connectivity index (χ3v) is 10.3. The molecule has 4 aliphatic carbocycles. The van der Waals surface area contributed by atoms with Gasteiger partial charge in [0.15, 0.2) is 5.78 Å². The average molecular weight is 492 g/mol. The second kappa shape index (κ2) is 9.28. The molecule has 6 heteroatoms.